The summed E-state index contributed by atoms with van der Waals surface area (Å²) in [5, 5.41) is 12.3. The second kappa shape index (κ2) is 10.6. The SMILES string of the molecule is CCCCCCC1=N[C@H](c2ccc(Cl)cc2)CC(=O)N1CC(=O)NC(C)(C)C(=O)O. The molecule has 1 aliphatic heterocycles. The Kier molecular flexibility index (Phi) is 8.41. The molecule has 30 heavy (non-hydrogen) atoms. The number of rotatable bonds is 10. The van der Waals surface area contributed by atoms with E-state index in [0.717, 1.165) is 31.2 Å². The van der Waals surface area contributed by atoms with E-state index in [1.807, 2.05) is 12.1 Å². The van der Waals surface area contributed by atoms with E-state index in [1.54, 1.807) is 12.1 Å². The van der Waals surface area contributed by atoms with Gasteiger partial charge in [0, 0.05) is 11.4 Å². The predicted molar refractivity (Wildman–Crippen MR) is 117 cm³/mol. The highest BCUT2D eigenvalue weighted by Crippen LogP contribution is 2.29. The number of benzene rings is 1. The van der Waals surface area contributed by atoms with E-state index in [-0.39, 0.29) is 24.9 Å². The second-order valence-corrected chi connectivity index (χ2v) is 8.52. The average molecular weight is 436 g/mol. The first-order chi connectivity index (χ1) is 14.1. The Labute approximate surface area is 182 Å². The van der Waals surface area contributed by atoms with Gasteiger partial charge in [-0.1, -0.05) is 49.9 Å². The second-order valence-electron chi connectivity index (χ2n) is 8.09. The van der Waals surface area contributed by atoms with Crippen LogP contribution in [0, 0.1) is 0 Å². The van der Waals surface area contributed by atoms with Crippen LogP contribution in [-0.4, -0.2) is 45.7 Å². The average Bonchev–Trinajstić information content (AvgIpc) is 2.67. The molecule has 0 unspecified atom stereocenters. The lowest BCUT2D eigenvalue weighted by atomic mass is 10.0. The molecule has 2 N–H and O–H groups in total. The maximum absolute atomic E-state index is 12.9. The van der Waals surface area contributed by atoms with Crippen LogP contribution in [0.5, 0.6) is 0 Å². The Bertz CT molecular complexity index is 805. The van der Waals surface area contributed by atoms with Gasteiger partial charge in [-0.15, -0.1) is 0 Å². The van der Waals surface area contributed by atoms with Crippen molar-refractivity contribution in [3.8, 4) is 0 Å². The van der Waals surface area contributed by atoms with Crippen LogP contribution in [-0.2, 0) is 14.4 Å². The lowest BCUT2D eigenvalue weighted by Gasteiger charge is -2.32. The third kappa shape index (κ3) is 6.55. The summed E-state index contributed by atoms with van der Waals surface area (Å²) in [6, 6.07) is 6.94. The minimum absolute atomic E-state index is 0.149. The minimum Gasteiger partial charge on any atom is -0.480 e. The molecule has 0 aromatic heterocycles. The molecule has 1 aromatic carbocycles. The molecule has 1 aliphatic rings. The van der Waals surface area contributed by atoms with Crippen LogP contribution < -0.4 is 5.32 Å². The van der Waals surface area contributed by atoms with E-state index in [1.165, 1.54) is 18.7 Å². The Morgan fingerprint density at radius 1 is 1.23 bits per heavy atom. The van der Waals surface area contributed by atoms with E-state index >= 15 is 0 Å². The van der Waals surface area contributed by atoms with Crippen LogP contribution in [0.25, 0.3) is 0 Å². The van der Waals surface area contributed by atoms with Gasteiger partial charge in [-0.2, -0.15) is 0 Å². The first kappa shape index (κ1) is 23.9. The molecule has 0 spiro atoms. The van der Waals surface area contributed by atoms with Crippen molar-refractivity contribution in [3.05, 3.63) is 34.9 Å². The van der Waals surface area contributed by atoms with E-state index in [2.05, 4.69) is 12.2 Å². The zero-order chi connectivity index (χ0) is 22.3. The molecule has 1 aromatic rings. The zero-order valence-electron chi connectivity index (χ0n) is 17.8. The number of carbonyl (C=O) groups excluding carboxylic acids is 2. The number of amidine groups is 1. The van der Waals surface area contributed by atoms with Gasteiger partial charge in [0.15, 0.2) is 0 Å². The molecule has 7 nitrogen and oxygen atoms in total. The van der Waals surface area contributed by atoms with Crippen molar-refractivity contribution in [1.82, 2.24) is 10.2 Å². The molecule has 2 rings (SSSR count). The smallest absolute Gasteiger partial charge is 0.328 e. The molecular formula is C22H30ClN3O4. The maximum atomic E-state index is 12.9. The standard InChI is InChI=1S/C22H30ClN3O4/c1-4-5-6-7-8-18-24-17(15-9-11-16(23)12-10-15)13-20(28)26(18)14-19(27)25-22(2,3)21(29)30/h9-12,17H,4-8,13-14H2,1-3H3,(H,25,27)(H,29,30)/t17-/m0/s1. The van der Waals surface area contributed by atoms with Gasteiger partial charge >= 0.3 is 5.97 Å². The van der Waals surface area contributed by atoms with E-state index in [4.69, 9.17) is 16.6 Å². The molecular weight excluding hydrogens is 406 g/mol. The summed E-state index contributed by atoms with van der Waals surface area (Å²) in [6.07, 6.45) is 4.80. The van der Waals surface area contributed by atoms with Crippen molar-refractivity contribution in [1.29, 1.82) is 0 Å². The summed E-state index contributed by atoms with van der Waals surface area (Å²) in [5.74, 6) is -1.29. The molecule has 8 heteroatoms. The first-order valence-electron chi connectivity index (χ1n) is 10.3. The van der Waals surface area contributed by atoms with Crippen molar-refractivity contribution in [2.24, 2.45) is 4.99 Å². The summed E-state index contributed by atoms with van der Waals surface area (Å²) in [5.41, 5.74) is -0.518. The number of nitrogens with one attached hydrogen (secondary N) is 1. The number of aliphatic imine (C=N–C) groups is 1. The molecule has 2 amide bonds. The van der Waals surface area contributed by atoms with Crippen LogP contribution in [0.15, 0.2) is 29.3 Å². The number of amides is 2. The third-order valence-electron chi connectivity index (χ3n) is 5.08. The summed E-state index contributed by atoms with van der Waals surface area (Å²) in [6.45, 7) is 4.69. The number of carboxylic acid groups (broad SMARTS) is 1. The number of unbranched alkanes of at least 4 members (excludes halogenated alkanes) is 3. The number of hydrogen-bond acceptors (Lipinski definition) is 4. The van der Waals surface area contributed by atoms with Crippen LogP contribution >= 0.6 is 11.6 Å². The summed E-state index contributed by atoms with van der Waals surface area (Å²) in [4.78, 5) is 42.8. The first-order valence-corrected chi connectivity index (χ1v) is 10.7. The third-order valence-corrected chi connectivity index (χ3v) is 5.33. The molecule has 0 radical (unpaired) electrons. The molecule has 0 saturated heterocycles. The van der Waals surface area contributed by atoms with Gasteiger partial charge in [0.05, 0.1) is 12.5 Å². The van der Waals surface area contributed by atoms with Crippen LogP contribution in [0.2, 0.25) is 5.02 Å². The lowest BCUT2D eigenvalue weighted by Crippen LogP contribution is -2.54. The number of hydrogen-bond donors (Lipinski definition) is 2. The Hall–Kier alpha value is -2.41. The fourth-order valence-corrected chi connectivity index (χ4v) is 3.39. The van der Waals surface area contributed by atoms with Crippen molar-refractivity contribution in [2.45, 2.75) is 70.9 Å². The number of halogens is 1. The molecule has 164 valence electrons. The monoisotopic (exact) mass is 435 g/mol. The van der Waals surface area contributed by atoms with Crippen LogP contribution in [0.3, 0.4) is 0 Å². The van der Waals surface area contributed by atoms with E-state index in [0.29, 0.717) is 17.3 Å². The number of carbonyl (C=O) groups is 3. The number of carboxylic acids is 1. The van der Waals surface area contributed by atoms with E-state index < -0.39 is 17.4 Å². The van der Waals surface area contributed by atoms with Crippen molar-refractivity contribution in [3.63, 3.8) is 0 Å². The molecule has 1 atom stereocenters. The van der Waals surface area contributed by atoms with Gasteiger partial charge in [0.25, 0.3) is 0 Å². The predicted octanol–water partition coefficient (Wildman–Crippen LogP) is 3.96. The normalized spacial score (nSPS) is 16.9. The van der Waals surface area contributed by atoms with Gasteiger partial charge in [-0.05, 0) is 38.0 Å². The number of nitrogens with zero attached hydrogens (tertiary/aromatic N) is 2. The summed E-state index contributed by atoms with van der Waals surface area (Å²) < 4.78 is 0. The Morgan fingerprint density at radius 2 is 1.90 bits per heavy atom. The minimum atomic E-state index is -1.42. The molecule has 0 saturated carbocycles. The topological polar surface area (TPSA) is 99.1 Å². The molecule has 0 bridgehead atoms. The maximum Gasteiger partial charge on any atom is 0.328 e. The van der Waals surface area contributed by atoms with Crippen molar-refractivity contribution >= 4 is 35.2 Å². The van der Waals surface area contributed by atoms with Crippen LogP contribution in [0.1, 0.15) is 70.9 Å². The highest BCUT2D eigenvalue weighted by molar-refractivity contribution is 6.30. The van der Waals surface area contributed by atoms with Gasteiger partial charge in [-0.3, -0.25) is 19.5 Å². The lowest BCUT2D eigenvalue weighted by molar-refractivity contribution is -0.146. The summed E-state index contributed by atoms with van der Waals surface area (Å²) >= 11 is 5.96. The molecule has 0 aliphatic carbocycles. The van der Waals surface area contributed by atoms with Crippen LogP contribution in [0.4, 0.5) is 0 Å². The number of aliphatic carboxylic acids is 1. The van der Waals surface area contributed by atoms with Crippen molar-refractivity contribution < 1.29 is 19.5 Å². The quantitative estimate of drug-likeness (QED) is 0.543. The zero-order valence-corrected chi connectivity index (χ0v) is 18.5. The van der Waals surface area contributed by atoms with Gasteiger partial charge in [-0.25, -0.2) is 4.79 Å². The molecule has 1 heterocycles. The van der Waals surface area contributed by atoms with E-state index in [9.17, 15) is 19.5 Å². The largest absolute Gasteiger partial charge is 0.480 e. The van der Waals surface area contributed by atoms with Gasteiger partial charge < -0.3 is 10.4 Å². The fourth-order valence-electron chi connectivity index (χ4n) is 3.27. The van der Waals surface area contributed by atoms with Gasteiger partial charge in [0.2, 0.25) is 11.8 Å². The fraction of sp³-hybridized carbons (Fsp3) is 0.545. The molecule has 0 fully saturated rings. The summed E-state index contributed by atoms with van der Waals surface area (Å²) in [7, 11) is 0. The highest BCUT2D eigenvalue weighted by Gasteiger charge is 2.34. The highest BCUT2D eigenvalue weighted by atomic mass is 35.5. The Morgan fingerprint density at radius 3 is 2.50 bits per heavy atom. The van der Waals surface area contributed by atoms with Crippen molar-refractivity contribution in [2.75, 3.05) is 6.54 Å². The Balaban J connectivity index is 2.20. The van der Waals surface area contributed by atoms with Gasteiger partial charge in [0.1, 0.15) is 17.9 Å².